The van der Waals surface area contributed by atoms with E-state index in [1.165, 1.54) is 63.8 Å². The average Bonchev–Trinajstić information content (AvgIpc) is 2.70. The molecule has 2 nitrogen and oxygen atoms in total. The zero-order valence-corrected chi connectivity index (χ0v) is 12.8. The highest BCUT2D eigenvalue weighted by Crippen LogP contribution is 2.22. The van der Waals surface area contributed by atoms with Crippen LogP contribution in [-0.2, 0) is 6.42 Å². The molecule has 2 heterocycles. The average molecular weight is 272 g/mol. The van der Waals surface area contributed by atoms with Crippen molar-refractivity contribution in [2.45, 2.75) is 51.1 Å². The van der Waals surface area contributed by atoms with Crippen molar-refractivity contribution in [2.24, 2.45) is 0 Å². The minimum Gasteiger partial charge on any atom is -0.299 e. The van der Waals surface area contributed by atoms with Gasteiger partial charge in [0.05, 0.1) is 0 Å². The highest BCUT2D eigenvalue weighted by atomic mass is 15.3. The Hall–Kier alpha value is -0.860. The summed E-state index contributed by atoms with van der Waals surface area (Å²) in [5, 5.41) is 0. The lowest BCUT2D eigenvalue weighted by atomic mass is 10.0. The molecule has 0 aliphatic carbocycles. The predicted octanol–water partition coefficient (Wildman–Crippen LogP) is 3.18. The van der Waals surface area contributed by atoms with Crippen molar-refractivity contribution in [3.8, 4) is 0 Å². The topological polar surface area (TPSA) is 6.48 Å². The van der Waals surface area contributed by atoms with E-state index < -0.39 is 0 Å². The standard InChI is InChI=1S/C18H28N2/c1-16(14-17-8-3-2-4-9-17)20-13-7-12-19-11-6-5-10-18(19)15-20/h2-4,8-9,16,18H,5-7,10-15H2,1H3. The summed E-state index contributed by atoms with van der Waals surface area (Å²) in [5.41, 5.74) is 1.48. The maximum Gasteiger partial charge on any atom is 0.0223 e. The molecular formula is C18H28N2. The van der Waals surface area contributed by atoms with Gasteiger partial charge in [-0.2, -0.15) is 0 Å². The van der Waals surface area contributed by atoms with Crippen LogP contribution in [0.4, 0.5) is 0 Å². The van der Waals surface area contributed by atoms with Gasteiger partial charge in [-0.3, -0.25) is 9.80 Å². The minimum absolute atomic E-state index is 0.666. The fraction of sp³-hybridized carbons (Fsp3) is 0.667. The van der Waals surface area contributed by atoms with Gasteiger partial charge in [-0.15, -0.1) is 0 Å². The highest BCUT2D eigenvalue weighted by Gasteiger charge is 2.28. The molecule has 2 atom stereocenters. The molecule has 20 heavy (non-hydrogen) atoms. The SMILES string of the molecule is CC(Cc1ccccc1)N1CCCN2CCCCC2C1. The predicted molar refractivity (Wildman–Crippen MR) is 85.0 cm³/mol. The van der Waals surface area contributed by atoms with Gasteiger partial charge in [0.15, 0.2) is 0 Å². The fourth-order valence-electron chi connectivity index (χ4n) is 3.88. The lowest BCUT2D eigenvalue weighted by Gasteiger charge is -2.37. The summed E-state index contributed by atoms with van der Waals surface area (Å²) in [4.78, 5) is 5.49. The van der Waals surface area contributed by atoms with Gasteiger partial charge in [0.25, 0.3) is 0 Å². The second-order valence-corrected chi connectivity index (χ2v) is 6.57. The van der Waals surface area contributed by atoms with Crippen molar-refractivity contribution in [3.63, 3.8) is 0 Å². The molecule has 0 amide bonds. The van der Waals surface area contributed by atoms with Crippen LogP contribution in [0.5, 0.6) is 0 Å². The number of hydrogen-bond acceptors (Lipinski definition) is 2. The smallest absolute Gasteiger partial charge is 0.0223 e. The summed E-state index contributed by atoms with van der Waals surface area (Å²) in [6.07, 6.45) is 6.79. The van der Waals surface area contributed by atoms with Crippen LogP contribution < -0.4 is 0 Å². The van der Waals surface area contributed by atoms with E-state index in [2.05, 4.69) is 47.1 Å². The summed E-state index contributed by atoms with van der Waals surface area (Å²) in [6.45, 7) is 7.63. The number of nitrogens with zero attached hydrogens (tertiary/aromatic N) is 2. The van der Waals surface area contributed by atoms with Crippen LogP contribution in [0.25, 0.3) is 0 Å². The van der Waals surface area contributed by atoms with E-state index in [0.717, 1.165) is 6.04 Å². The molecule has 2 aliphatic rings. The van der Waals surface area contributed by atoms with Crippen LogP contribution in [0.15, 0.2) is 30.3 Å². The van der Waals surface area contributed by atoms with Gasteiger partial charge in [0.2, 0.25) is 0 Å². The molecule has 0 N–H and O–H groups in total. The van der Waals surface area contributed by atoms with E-state index in [0.29, 0.717) is 6.04 Å². The van der Waals surface area contributed by atoms with E-state index in [1.54, 1.807) is 0 Å². The first-order valence-corrected chi connectivity index (χ1v) is 8.35. The number of hydrogen-bond donors (Lipinski definition) is 0. The third-order valence-corrected chi connectivity index (χ3v) is 5.08. The van der Waals surface area contributed by atoms with Crippen LogP contribution in [0, 0.1) is 0 Å². The quantitative estimate of drug-likeness (QED) is 0.834. The van der Waals surface area contributed by atoms with Crippen LogP contribution >= 0.6 is 0 Å². The Morgan fingerprint density at radius 1 is 1.05 bits per heavy atom. The zero-order chi connectivity index (χ0) is 13.8. The Balaban J connectivity index is 1.61. The molecule has 1 aromatic rings. The normalized spacial score (nSPS) is 26.8. The van der Waals surface area contributed by atoms with E-state index in [4.69, 9.17) is 0 Å². The van der Waals surface area contributed by atoms with Crippen molar-refractivity contribution in [2.75, 3.05) is 26.2 Å². The van der Waals surface area contributed by atoms with Crippen LogP contribution in [0.3, 0.4) is 0 Å². The van der Waals surface area contributed by atoms with Crippen LogP contribution in [0.1, 0.15) is 38.2 Å². The summed E-state index contributed by atoms with van der Waals surface area (Å²) in [7, 11) is 0. The van der Waals surface area contributed by atoms with Gasteiger partial charge in [0, 0.05) is 18.6 Å². The Labute approximate surface area is 123 Å². The third kappa shape index (κ3) is 3.42. The summed E-state index contributed by atoms with van der Waals surface area (Å²) < 4.78 is 0. The van der Waals surface area contributed by atoms with E-state index in [1.807, 2.05) is 0 Å². The summed E-state index contributed by atoms with van der Waals surface area (Å²) in [5.74, 6) is 0. The molecule has 2 fully saturated rings. The van der Waals surface area contributed by atoms with Crippen molar-refractivity contribution >= 4 is 0 Å². The largest absolute Gasteiger partial charge is 0.299 e. The first-order chi connectivity index (χ1) is 9.83. The monoisotopic (exact) mass is 272 g/mol. The molecule has 0 spiro atoms. The lowest BCUT2D eigenvalue weighted by molar-refractivity contribution is 0.123. The van der Waals surface area contributed by atoms with Crippen molar-refractivity contribution in [3.05, 3.63) is 35.9 Å². The first kappa shape index (κ1) is 14.1. The lowest BCUT2D eigenvalue weighted by Crippen LogP contribution is -2.46. The van der Waals surface area contributed by atoms with Gasteiger partial charge in [-0.05, 0) is 57.8 Å². The fourth-order valence-corrected chi connectivity index (χ4v) is 3.88. The molecule has 0 saturated carbocycles. The second-order valence-electron chi connectivity index (χ2n) is 6.57. The van der Waals surface area contributed by atoms with Gasteiger partial charge in [0.1, 0.15) is 0 Å². The molecule has 2 heteroatoms. The number of piperidine rings is 1. The van der Waals surface area contributed by atoms with Gasteiger partial charge in [-0.25, -0.2) is 0 Å². The van der Waals surface area contributed by atoms with E-state index in [-0.39, 0.29) is 0 Å². The Morgan fingerprint density at radius 2 is 1.85 bits per heavy atom. The second kappa shape index (κ2) is 6.73. The Bertz CT molecular complexity index is 403. The van der Waals surface area contributed by atoms with E-state index >= 15 is 0 Å². The van der Waals surface area contributed by atoms with Crippen molar-refractivity contribution in [1.82, 2.24) is 9.80 Å². The maximum absolute atomic E-state index is 2.75. The Morgan fingerprint density at radius 3 is 2.70 bits per heavy atom. The van der Waals surface area contributed by atoms with Gasteiger partial charge < -0.3 is 0 Å². The molecule has 0 bridgehead atoms. The van der Waals surface area contributed by atoms with Gasteiger partial charge in [-0.1, -0.05) is 36.8 Å². The molecule has 110 valence electrons. The first-order valence-electron chi connectivity index (χ1n) is 8.35. The van der Waals surface area contributed by atoms with E-state index in [9.17, 15) is 0 Å². The maximum atomic E-state index is 2.75. The molecule has 2 saturated heterocycles. The van der Waals surface area contributed by atoms with Crippen LogP contribution in [-0.4, -0.2) is 48.1 Å². The van der Waals surface area contributed by atoms with Crippen molar-refractivity contribution in [1.29, 1.82) is 0 Å². The molecule has 0 radical (unpaired) electrons. The summed E-state index contributed by atoms with van der Waals surface area (Å²) >= 11 is 0. The highest BCUT2D eigenvalue weighted by molar-refractivity contribution is 5.15. The molecule has 3 rings (SSSR count). The molecule has 2 aliphatic heterocycles. The number of fused-ring (bicyclic) bond motifs is 1. The van der Waals surface area contributed by atoms with Crippen LogP contribution in [0.2, 0.25) is 0 Å². The Kier molecular flexibility index (Phi) is 4.74. The number of rotatable bonds is 3. The third-order valence-electron chi connectivity index (χ3n) is 5.08. The minimum atomic E-state index is 0.666. The zero-order valence-electron chi connectivity index (χ0n) is 12.8. The van der Waals surface area contributed by atoms with Crippen molar-refractivity contribution < 1.29 is 0 Å². The number of benzene rings is 1. The van der Waals surface area contributed by atoms with Gasteiger partial charge >= 0.3 is 0 Å². The molecule has 1 aromatic carbocycles. The molecule has 0 aromatic heterocycles. The molecular weight excluding hydrogens is 244 g/mol. The molecule has 2 unspecified atom stereocenters. The summed E-state index contributed by atoms with van der Waals surface area (Å²) in [6, 6.07) is 12.5.